The molecule has 0 aromatic carbocycles. The second-order valence-electron chi connectivity index (χ2n) is 23.4. The Kier molecular flexibility index (Phi) is 63.9. The Morgan fingerprint density at radius 1 is 0.344 bits per heavy atom. The normalized spacial score (nSPS) is 14.4. The summed E-state index contributed by atoms with van der Waals surface area (Å²) >= 11 is 0. The summed E-state index contributed by atoms with van der Waals surface area (Å²) in [6.07, 6.45) is 107. The third kappa shape index (κ3) is 71.7. The standard InChI is InChI=1S/C80H126NO8P/c1-6-8-10-12-14-16-18-20-22-24-26-28-30-32-34-36-37-38-39-40-41-42-43-45-47-49-51-53-55-57-59-61-63-65-67-69-71-73-80(83)89-78(77-88-90(84,85)87-75-74-81(3,4)5)76-86-79(82)72-70-68-66-64-62-60-58-56-54-52-50-48-46-44-35-33-31-29-27-25-23-21-19-17-15-13-11-9-7-2/h8-11,14-17,20-23,26-29,32-35,37-38,40-41,43,45-46,48-49,51-52,54,58,60,78H,6-7,12-13,18-19,24-25,30-31,36,39,42,44,47,50,53,55-57,59,61-77H2,1-5H3/b10-8-,11-9-,16-14-,17-15-,22-20-,23-21-,28-26-,29-27-,34-32-,35-33-,38-37-,41-40-,45-43-,48-46-,51-49-,54-52-,60-58-. The average molecular weight is 1260 g/mol. The van der Waals surface area contributed by atoms with Gasteiger partial charge in [-0.1, -0.05) is 278 Å². The van der Waals surface area contributed by atoms with Crippen molar-refractivity contribution >= 4 is 19.8 Å². The number of hydrogen-bond acceptors (Lipinski definition) is 8. The lowest BCUT2D eigenvalue weighted by atomic mass is 10.1. The van der Waals surface area contributed by atoms with Crippen LogP contribution in [0.4, 0.5) is 0 Å². The Morgan fingerprint density at radius 3 is 0.889 bits per heavy atom. The van der Waals surface area contributed by atoms with E-state index in [-0.39, 0.29) is 26.1 Å². The number of ether oxygens (including phenoxy) is 2. The largest absolute Gasteiger partial charge is 0.756 e. The lowest BCUT2D eigenvalue weighted by Crippen LogP contribution is -2.37. The number of phosphoric ester groups is 1. The van der Waals surface area contributed by atoms with Gasteiger partial charge in [0.1, 0.15) is 19.8 Å². The van der Waals surface area contributed by atoms with Gasteiger partial charge in [0.25, 0.3) is 7.82 Å². The molecule has 2 unspecified atom stereocenters. The summed E-state index contributed by atoms with van der Waals surface area (Å²) in [6, 6.07) is 0. The summed E-state index contributed by atoms with van der Waals surface area (Å²) < 4.78 is 34.3. The smallest absolute Gasteiger partial charge is 0.306 e. The molecule has 0 rings (SSSR count). The summed E-state index contributed by atoms with van der Waals surface area (Å²) in [5.41, 5.74) is 0. The maximum atomic E-state index is 12.9. The van der Waals surface area contributed by atoms with Gasteiger partial charge in [0.15, 0.2) is 6.10 Å². The van der Waals surface area contributed by atoms with Gasteiger partial charge in [-0.05, 0) is 148 Å². The van der Waals surface area contributed by atoms with Crippen molar-refractivity contribution < 1.29 is 42.1 Å². The predicted molar refractivity (Wildman–Crippen MR) is 387 cm³/mol. The van der Waals surface area contributed by atoms with Gasteiger partial charge in [0.2, 0.25) is 0 Å². The molecule has 0 saturated carbocycles. The van der Waals surface area contributed by atoms with Gasteiger partial charge >= 0.3 is 11.9 Å². The number of likely N-dealkylation sites (N-methyl/N-ethyl adjacent to an activating group) is 1. The van der Waals surface area contributed by atoms with E-state index in [9.17, 15) is 19.0 Å². The van der Waals surface area contributed by atoms with Gasteiger partial charge in [-0.25, -0.2) is 0 Å². The molecular weight excluding hydrogens is 1130 g/mol. The van der Waals surface area contributed by atoms with Crippen LogP contribution in [0.2, 0.25) is 0 Å². The maximum Gasteiger partial charge on any atom is 0.306 e. The Hall–Kier alpha value is -5.41. The molecule has 0 bridgehead atoms. The van der Waals surface area contributed by atoms with E-state index in [4.69, 9.17) is 18.5 Å². The molecule has 0 spiro atoms. The number of rotatable bonds is 61. The quantitative estimate of drug-likeness (QED) is 0.0195. The summed E-state index contributed by atoms with van der Waals surface area (Å²) in [5, 5.41) is 0. The third-order valence-corrected chi connectivity index (χ3v) is 14.8. The lowest BCUT2D eigenvalue weighted by Gasteiger charge is -2.28. The molecule has 0 fully saturated rings. The molecule has 0 aliphatic heterocycles. The molecule has 0 N–H and O–H groups in total. The predicted octanol–water partition coefficient (Wildman–Crippen LogP) is 22.4. The van der Waals surface area contributed by atoms with Crippen molar-refractivity contribution in [1.82, 2.24) is 0 Å². The maximum absolute atomic E-state index is 12.9. The van der Waals surface area contributed by atoms with Crippen molar-refractivity contribution in [1.29, 1.82) is 0 Å². The minimum atomic E-state index is -4.67. The molecular formula is C80H126NO8P. The van der Waals surface area contributed by atoms with E-state index in [1.54, 1.807) is 0 Å². The second-order valence-corrected chi connectivity index (χ2v) is 24.8. The van der Waals surface area contributed by atoms with E-state index in [0.29, 0.717) is 23.9 Å². The fraction of sp³-hybridized carbons (Fsp3) is 0.550. The number of unbranched alkanes of at least 4 members (excludes halogenated alkanes) is 13. The zero-order valence-electron chi connectivity index (χ0n) is 57.2. The van der Waals surface area contributed by atoms with Crippen LogP contribution in [0.3, 0.4) is 0 Å². The number of carbonyl (C=O) groups excluding carboxylic acids is 2. The van der Waals surface area contributed by atoms with Crippen LogP contribution in [-0.4, -0.2) is 70.0 Å². The number of allylic oxidation sites excluding steroid dienone is 34. The Morgan fingerprint density at radius 2 is 0.600 bits per heavy atom. The van der Waals surface area contributed by atoms with Crippen LogP contribution < -0.4 is 4.89 Å². The Balaban J connectivity index is 4.21. The van der Waals surface area contributed by atoms with Crippen LogP contribution in [0.25, 0.3) is 0 Å². The molecule has 0 aliphatic rings. The van der Waals surface area contributed by atoms with Crippen LogP contribution in [0.15, 0.2) is 207 Å². The first kappa shape index (κ1) is 84.6. The fourth-order valence-corrected chi connectivity index (χ4v) is 9.27. The molecule has 9 nitrogen and oxygen atoms in total. The first-order valence-electron chi connectivity index (χ1n) is 34.8. The molecule has 10 heteroatoms. The van der Waals surface area contributed by atoms with Crippen LogP contribution in [0.5, 0.6) is 0 Å². The number of phosphoric acid groups is 1. The van der Waals surface area contributed by atoms with Crippen molar-refractivity contribution in [3.05, 3.63) is 207 Å². The molecule has 0 saturated heterocycles. The molecule has 0 radical (unpaired) electrons. The molecule has 0 aromatic rings. The highest BCUT2D eigenvalue weighted by Crippen LogP contribution is 2.38. The van der Waals surface area contributed by atoms with Crippen LogP contribution in [0.1, 0.15) is 232 Å². The average Bonchev–Trinajstić information content (AvgIpc) is 3.58. The van der Waals surface area contributed by atoms with E-state index in [1.165, 1.54) is 32.1 Å². The van der Waals surface area contributed by atoms with Crippen LogP contribution >= 0.6 is 7.82 Å². The van der Waals surface area contributed by atoms with E-state index in [2.05, 4.69) is 220 Å². The second kappa shape index (κ2) is 68.0. The third-order valence-electron chi connectivity index (χ3n) is 13.8. The number of carbonyl (C=O) groups is 2. The van der Waals surface area contributed by atoms with E-state index >= 15 is 0 Å². The number of nitrogens with zero attached hydrogens (tertiary/aromatic N) is 1. The number of esters is 2. The molecule has 0 heterocycles. The molecule has 0 amide bonds. The van der Waals surface area contributed by atoms with E-state index in [0.717, 1.165) is 161 Å². The monoisotopic (exact) mass is 1260 g/mol. The fourth-order valence-electron chi connectivity index (χ4n) is 8.55. The first-order chi connectivity index (χ1) is 44.0. The SMILES string of the molecule is CC/C=C\C/C=C\C/C=C\C/C=C\C/C=C\C/C=C\C/C=C\C/C=C\C/C=C\CCCCCCCCCCCC(=O)OC(COC(=O)CCCCCC/C=C\C/C=C\C/C=C\C/C=C\C/C=C\C/C=C\C/C=C\C/C=C\CC)COP(=O)([O-])OCC[N+](C)(C)C. The first-order valence-corrected chi connectivity index (χ1v) is 36.3. The minimum absolute atomic E-state index is 0.0485. The molecule has 0 aliphatic carbocycles. The zero-order chi connectivity index (χ0) is 65.5. The molecule has 504 valence electrons. The topological polar surface area (TPSA) is 111 Å². The molecule has 90 heavy (non-hydrogen) atoms. The van der Waals surface area contributed by atoms with Crippen LogP contribution in [0, 0.1) is 0 Å². The van der Waals surface area contributed by atoms with Crippen molar-refractivity contribution in [2.75, 3.05) is 47.5 Å². The van der Waals surface area contributed by atoms with Crippen molar-refractivity contribution in [3.8, 4) is 0 Å². The van der Waals surface area contributed by atoms with Crippen molar-refractivity contribution in [2.45, 2.75) is 238 Å². The Labute approximate surface area is 551 Å². The van der Waals surface area contributed by atoms with E-state index < -0.39 is 32.5 Å². The summed E-state index contributed by atoms with van der Waals surface area (Å²) in [5.74, 6) is -0.886. The van der Waals surface area contributed by atoms with Gasteiger partial charge in [0, 0.05) is 12.8 Å². The summed E-state index contributed by atoms with van der Waals surface area (Å²) in [7, 11) is 1.12. The van der Waals surface area contributed by atoms with E-state index in [1.807, 2.05) is 21.1 Å². The summed E-state index contributed by atoms with van der Waals surface area (Å²) in [6.45, 7) is 3.95. The highest BCUT2D eigenvalue weighted by Gasteiger charge is 2.22. The van der Waals surface area contributed by atoms with Gasteiger partial charge in [-0.3, -0.25) is 14.2 Å². The van der Waals surface area contributed by atoms with Gasteiger partial charge in [0.05, 0.1) is 27.7 Å². The highest BCUT2D eigenvalue weighted by molar-refractivity contribution is 7.45. The lowest BCUT2D eigenvalue weighted by molar-refractivity contribution is -0.870. The van der Waals surface area contributed by atoms with Crippen molar-refractivity contribution in [2.24, 2.45) is 0 Å². The molecule has 2 atom stereocenters. The van der Waals surface area contributed by atoms with Crippen molar-refractivity contribution in [3.63, 3.8) is 0 Å². The number of quaternary nitrogens is 1. The van der Waals surface area contributed by atoms with Gasteiger partial charge in [-0.15, -0.1) is 0 Å². The molecule has 0 aromatic heterocycles. The zero-order valence-corrected chi connectivity index (χ0v) is 58.1. The summed E-state index contributed by atoms with van der Waals surface area (Å²) in [4.78, 5) is 38.1. The van der Waals surface area contributed by atoms with Crippen LogP contribution in [-0.2, 0) is 32.7 Å². The Bertz CT molecular complexity index is 2270. The van der Waals surface area contributed by atoms with Gasteiger partial charge < -0.3 is 27.9 Å². The highest BCUT2D eigenvalue weighted by atomic mass is 31.2. The minimum Gasteiger partial charge on any atom is -0.756 e. The van der Waals surface area contributed by atoms with Gasteiger partial charge in [-0.2, -0.15) is 0 Å². The number of hydrogen-bond donors (Lipinski definition) is 0.